The first kappa shape index (κ1) is 16.9. The molecule has 2 aromatic carbocycles. The third kappa shape index (κ3) is 4.51. The average Bonchev–Trinajstić information content (AvgIpc) is 2.60. The van der Waals surface area contributed by atoms with E-state index in [0.29, 0.717) is 23.0 Å². The van der Waals surface area contributed by atoms with Crippen LogP contribution in [0.3, 0.4) is 0 Å². The Kier molecular flexibility index (Phi) is 6.08. The van der Waals surface area contributed by atoms with Crippen LogP contribution in [0.25, 0.3) is 0 Å². The molecule has 0 saturated carbocycles. The minimum atomic E-state index is -1.46. The van der Waals surface area contributed by atoms with Crippen molar-refractivity contribution in [1.82, 2.24) is 0 Å². The number of aliphatic hydroxyl groups is 2. The van der Waals surface area contributed by atoms with E-state index in [4.69, 9.17) is 18.9 Å². The fourth-order valence-corrected chi connectivity index (χ4v) is 1.92. The van der Waals surface area contributed by atoms with Crippen LogP contribution in [0.2, 0.25) is 0 Å². The molecule has 2 atom stereocenters. The molecule has 0 aliphatic carbocycles. The first-order chi connectivity index (χ1) is 11.2. The molecule has 2 N–H and O–H groups in total. The number of hydrogen-bond donors (Lipinski definition) is 2. The first-order valence-corrected chi connectivity index (χ1v) is 7.07. The monoisotopic (exact) mass is 320 g/mol. The summed E-state index contributed by atoms with van der Waals surface area (Å²) in [5, 5.41) is 19.9. The Morgan fingerprint density at radius 2 is 1.26 bits per heavy atom. The molecule has 6 heteroatoms. The number of methoxy groups -OCH3 is 2. The third-order valence-corrected chi connectivity index (χ3v) is 3.12. The number of ether oxygens (including phenoxy) is 4. The number of rotatable bonds is 8. The van der Waals surface area contributed by atoms with Crippen molar-refractivity contribution < 1.29 is 29.2 Å². The van der Waals surface area contributed by atoms with Gasteiger partial charge in [0.1, 0.15) is 12.7 Å². The Bertz CT molecular complexity index is 616. The first-order valence-electron chi connectivity index (χ1n) is 7.07. The van der Waals surface area contributed by atoms with Gasteiger partial charge in [-0.05, 0) is 24.3 Å². The smallest absolute Gasteiger partial charge is 0.227 e. The van der Waals surface area contributed by atoms with Crippen molar-refractivity contribution in [3.8, 4) is 23.0 Å². The van der Waals surface area contributed by atoms with E-state index in [2.05, 4.69) is 0 Å². The summed E-state index contributed by atoms with van der Waals surface area (Å²) in [6, 6.07) is 13.9. The number of para-hydroxylation sites is 4. The summed E-state index contributed by atoms with van der Waals surface area (Å²) in [5.41, 5.74) is 0. The third-order valence-electron chi connectivity index (χ3n) is 3.12. The van der Waals surface area contributed by atoms with E-state index in [-0.39, 0.29) is 6.61 Å². The Morgan fingerprint density at radius 3 is 1.83 bits per heavy atom. The van der Waals surface area contributed by atoms with E-state index >= 15 is 0 Å². The Hall–Kier alpha value is -2.44. The molecule has 2 aromatic rings. The van der Waals surface area contributed by atoms with Crippen molar-refractivity contribution in [1.29, 1.82) is 0 Å². The lowest BCUT2D eigenvalue weighted by Crippen LogP contribution is -2.36. The van der Waals surface area contributed by atoms with Crippen molar-refractivity contribution >= 4 is 0 Å². The largest absolute Gasteiger partial charge is 0.493 e. The van der Waals surface area contributed by atoms with E-state index in [1.807, 2.05) is 6.07 Å². The fraction of sp³-hybridized carbons (Fsp3) is 0.294. The number of benzene rings is 2. The molecule has 124 valence electrons. The molecule has 2 unspecified atom stereocenters. The molecule has 0 aliphatic heterocycles. The highest BCUT2D eigenvalue weighted by molar-refractivity contribution is 5.40. The lowest BCUT2D eigenvalue weighted by atomic mass is 10.3. The Labute approximate surface area is 134 Å². The summed E-state index contributed by atoms with van der Waals surface area (Å²) in [6.07, 6.45) is -2.70. The SMILES string of the molecule is COc1ccccc1OCC(O)C(O)Oc1ccccc1OC. The van der Waals surface area contributed by atoms with E-state index in [1.54, 1.807) is 42.5 Å². The maximum absolute atomic E-state index is 9.99. The van der Waals surface area contributed by atoms with Gasteiger partial charge in [-0.25, -0.2) is 0 Å². The Morgan fingerprint density at radius 1 is 0.783 bits per heavy atom. The van der Waals surface area contributed by atoms with Crippen molar-refractivity contribution in [3.05, 3.63) is 48.5 Å². The molecule has 0 aliphatic rings. The normalized spacial score (nSPS) is 13.0. The van der Waals surface area contributed by atoms with Gasteiger partial charge in [-0.1, -0.05) is 24.3 Å². The highest BCUT2D eigenvalue weighted by atomic mass is 16.6. The molecule has 0 radical (unpaired) electrons. The Balaban J connectivity index is 1.93. The minimum absolute atomic E-state index is 0.156. The van der Waals surface area contributed by atoms with Gasteiger partial charge in [0, 0.05) is 0 Å². The van der Waals surface area contributed by atoms with Crippen molar-refractivity contribution in [2.24, 2.45) is 0 Å². The van der Waals surface area contributed by atoms with Gasteiger partial charge in [-0.15, -0.1) is 0 Å². The van der Waals surface area contributed by atoms with Crippen LogP contribution >= 0.6 is 0 Å². The van der Waals surface area contributed by atoms with Crippen molar-refractivity contribution in [2.45, 2.75) is 12.4 Å². The molecular weight excluding hydrogens is 300 g/mol. The fourth-order valence-electron chi connectivity index (χ4n) is 1.92. The summed E-state index contributed by atoms with van der Waals surface area (Å²) in [5.74, 6) is 1.81. The quantitative estimate of drug-likeness (QED) is 0.723. The topological polar surface area (TPSA) is 77.4 Å². The zero-order valence-corrected chi connectivity index (χ0v) is 13.0. The molecule has 23 heavy (non-hydrogen) atoms. The predicted molar refractivity (Wildman–Crippen MR) is 84.1 cm³/mol. The molecule has 2 rings (SSSR count). The lowest BCUT2D eigenvalue weighted by Gasteiger charge is -2.21. The summed E-state index contributed by atoms with van der Waals surface area (Å²) >= 11 is 0. The van der Waals surface area contributed by atoms with Gasteiger partial charge in [-0.2, -0.15) is 0 Å². The van der Waals surface area contributed by atoms with Crippen molar-refractivity contribution in [3.63, 3.8) is 0 Å². The van der Waals surface area contributed by atoms with Gasteiger partial charge in [0.15, 0.2) is 23.0 Å². The summed E-state index contributed by atoms with van der Waals surface area (Å²) < 4.78 is 21.0. The van der Waals surface area contributed by atoms with Gasteiger partial charge in [-0.3, -0.25) is 0 Å². The van der Waals surface area contributed by atoms with E-state index in [9.17, 15) is 10.2 Å². The van der Waals surface area contributed by atoms with E-state index in [0.717, 1.165) is 0 Å². The zero-order valence-electron chi connectivity index (χ0n) is 13.0. The van der Waals surface area contributed by atoms with Crippen molar-refractivity contribution in [2.75, 3.05) is 20.8 Å². The van der Waals surface area contributed by atoms with Gasteiger partial charge in [0.25, 0.3) is 0 Å². The zero-order chi connectivity index (χ0) is 16.7. The second kappa shape index (κ2) is 8.26. The molecule has 0 spiro atoms. The van der Waals surface area contributed by atoms with Crippen LogP contribution < -0.4 is 18.9 Å². The van der Waals surface area contributed by atoms with Gasteiger partial charge >= 0.3 is 0 Å². The maximum Gasteiger partial charge on any atom is 0.227 e. The van der Waals surface area contributed by atoms with Gasteiger partial charge in [0.2, 0.25) is 6.29 Å². The lowest BCUT2D eigenvalue weighted by molar-refractivity contribution is -0.116. The molecule has 0 bridgehead atoms. The van der Waals surface area contributed by atoms with Gasteiger partial charge in [0.05, 0.1) is 14.2 Å². The number of aliphatic hydroxyl groups excluding tert-OH is 2. The van der Waals surface area contributed by atoms with E-state index in [1.165, 1.54) is 14.2 Å². The average molecular weight is 320 g/mol. The van der Waals surface area contributed by atoms with Gasteiger partial charge < -0.3 is 29.2 Å². The number of hydrogen-bond acceptors (Lipinski definition) is 6. The molecule has 0 saturated heterocycles. The second-order valence-electron chi connectivity index (χ2n) is 4.69. The highest BCUT2D eigenvalue weighted by Crippen LogP contribution is 2.28. The molecule has 6 nitrogen and oxygen atoms in total. The molecular formula is C17H20O6. The second-order valence-corrected chi connectivity index (χ2v) is 4.69. The molecule has 0 amide bonds. The van der Waals surface area contributed by atoms with Crippen LogP contribution in [0.4, 0.5) is 0 Å². The summed E-state index contributed by atoms with van der Waals surface area (Å²) in [4.78, 5) is 0. The van der Waals surface area contributed by atoms with Crippen LogP contribution in [-0.2, 0) is 0 Å². The van der Waals surface area contributed by atoms with Crippen LogP contribution in [0.1, 0.15) is 0 Å². The van der Waals surface area contributed by atoms with Crippen LogP contribution in [-0.4, -0.2) is 43.4 Å². The highest BCUT2D eigenvalue weighted by Gasteiger charge is 2.21. The molecule has 0 fully saturated rings. The van der Waals surface area contributed by atoms with Crippen LogP contribution in [0, 0.1) is 0 Å². The summed E-state index contributed by atoms with van der Waals surface area (Å²) in [7, 11) is 3.02. The van der Waals surface area contributed by atoms with Crippen LogP contribution in [0.5, 0.6) is 23.0 Å². The minimum Gasteiger partial charge on any atom is -0.493 e. The standard InChI is InChI=1S/C17H20O6/c1-20-13-7-3-5-9-15(13)22-11-12(18)17(19)23-16-10-6-4-8-14(16)21-2/h3-10,12,17-19H,11H2,1-2H3. The predicted octanol–water partition coefficient (Wildman–Crippen LogP) is 1.84. The molecule has 0 aromatic heterocycles. The molecule has 0 heterocycles. The van der Waals surface area contributed by atoms with E-state index < -0.39 is 12.4 Å². The summed E-state index contributed by atoms with van der Waals surface area (Å²) in [6.45, 7) is -0.156. The van der Waals surface area contributed by atoms with Crippen LogP contribution in [0.15, 0.2) is 48.5 Å². The maximum atomic E-state index is 9.99.